The lowest BCUT2D eigenvalue weighted by atomic mass is 9.76. The van der Waals surface area contributed by atoms with Gasteiger partial charge in [-0.05, 0) is 62.0 Å². The molecule has 2 rings (SSSR count). The van der Waals surface area contributed by atoms with Crippen molar-refractivity contribution in [2.24, 2.45) is 5.92 Å². The van der Waals surface area contributed by atoms with E-state index in [1.54, 1.807) is 7.11 Å². The molecule has 0 radical (unpaired) electrons. The molecule has 2 aromatic rings. The van der Waals surface area contributed by atoms with E-state index in [1.807, 2.05) is 75.6 Å². The molecule has 26 heavy (non-hydrogen) atoms. The van der Waals surface area contributed by atoms with Gasteiger partial charge in [-0.25, -0.2) is 0 Å². The van der Waals surface area contributed by atoms with Gasteiger partial charge in [0.2, 0.25) is 0 Å². The molecule has 0 amide bonds. The number of hydrogen-bond acceptors (Lipinski definition) is 3. The van der Waals surface area contributed by atoms with Crippen LogP contribution in [0.1, 0.15) is 25.0 Å². The van der Waals surface area contributed by atoms with Gasteiger partial charge in [0, 0.05) is 17.5 Å². The van der Waals surface area contributed by atoms with Gasteiger partial charge in [0.25, 0.3) is 0 Å². The lowest BCUT2D eigenvalue weighted by Gasteiger charge is -2.37. The van der Waals surface area contributed by atoms with Gasteiger partial charge in [0.05, 0.1) is 7.11 Å². The number of rotatable bonds is 7. The molecule has 0 aliphatic rings. The van der Waals surface area contributed by atoms with E-state index in [4.69, 9.17) is 16.3 Å². The van der Waals surface area contributed by atoms with Gasteiger partial charge in [0.1, 0.15) is 11.4 Å². The van der Waals surface area contributed by atoms with Gasteiger partial charge >= 0.3 is 0 Å². The van der Waals surface area contributed by atoms with Crippen molar-refractivity contribution >= 4 is 17.7 Å². The molecule has 0 saturated carbocycles. The molecule has 0 aliphatic carbocycles. The Morgan fingerprint density at radius 1 is 1.15 bits per heavy atom. The third-order valence-electron chi connectivity index (χ3n) is 4.74. The molecule has 0 saturated heterocycles. The van der Waals surface area contributed by atoms with E-state index >= 15 is 0 Å². The first-order chi connectivity index (χ1) is 12.3. The average Bonchev–Trinajstić information content (AvgIpc) is 2.61. The van der Waals surface area contributed by atoms with Crippen molar-refractivity contribution in [1.82, 2.24) is 4.90 Å². The molecule has 2 unspecified atom stereocenters. The van der Waals surface area contributed by atoms with Gasteiger partial charge in [-0.2, -0.15) is 0 Å². The Labute approximate surface area is 161 Å². The molecular formula is C22H28ClNO2. The second kappa shape index (κ2) is 8.72. The SMILES string of the molecule is COc1ccc(C=C(C)C(O)(c2ccc(Cl)cc2)C(C)CN(C)C)cc1. The number of halogens is 1. The zero-order chi connectivity index (χ0) is 19.3. The lowest BCUT2D eigenvalue weighted by molar-refractivity contribution is 0.0105. The van der Waals surface area contributed by atoms with Gasteiger partial charge in [-0.3, -0.25) is 0 Å². The topological polar surface area (TPSA) is 32.7 Å². The second-order valence-electron chi connectivity index (χ2n) is 7.04. The van der Waals surface area contributed by atoms with Gasteiger partial charge in [0.15, 0.2) is 0 Å². The molecule has 0 aromatic heterocycles. The van der Waals surface area contributed by atoms with Crippen LogP contribution >= 0.6 is 11.6 Å². The normalized spacial score (nSPS) is 15.6. The van der Waals surface area contributed by atoms with Crippen LogP contribution < -0.4 is 4.74 Å². The fraction of sp³-hybridized carbons (Fsp3) is 0.364. The molecule has 1 N–H and O–H groups in total. The monoisotopic (exact) mass is 373 g/mol. The van der Waals surface area contributed by atoms with Gasteiger partial charge in [-0.15, -0.1) is 0 Å². The summed E-state index contributed by atoms with van der Waals surface area (Å²) in [5.74, 6) is 0.807. The third kappa shape index (κ3) is 4.67. The van der Waals surface area contributed by atoms with Crippen molar-refractivity contribution in [2.75, 3.05) is 27.7 Å². The third-order valence-corrected chi connectivity index (χ3v) is 4.99. The Kier molecular flexibility index (Phi) is 6.87. The van der Waals surface area contributed by atoms with E-state index in [0.29, 0.717) is 5.02 Å². The highest BCUT2D eigenvalue weighted by atomic mass is 35.5. The molecule has 0 aliphatic heterocycles. The summed E-state index contributed by atoms with van der Waals surface area (Å²) in [6, 6.07) is 15.3. The summed E-state index contributed by atoms with van der Waals surface area (Å²) < 4.78 is 5.22. The molecule has 0 fully saturated rings. The lowest BCUT2D eigenvalue weighted by Crippen LogP contribution is -2.40. The molecule has 2 atom stereocenters. The highest BCUT2D eigenvalue weighted by Crippen LogP contribution is 2.38. The molecule has 0 bridgehead atoms. The van der Waals surface area contributed by atoms with Crippen LogP contribution in [0.4, 0.5) is 0 Å². The summed E-state index contributed by atoms with van der Waals surface area (Å²) in [5, 5.41) is 12.4. The second-order valence-corrected chi connectivity index (χ2v) is 7.47. The highest BCUT2D eigenvalue weighted by molar-refractivity contribution is 6.30. The van der Waals surface area contributed by atoms with Crippen molar-refractivity contribution in [3.63, 3.8) is 0 Å². The van der Waals surface area contributed by atoms with E-state index < -0.39 is 5.60 Å². The quantitative estimate of drug-likeness (QED) is 0.753. The van der Waals surface area contributed by atoms with E-state index in [0.717, 1.165) is 29.0 Å². The van der Waals surface area contributed by atoms with E-state index in [1.165, 1.54) is 0 Å². The van der Waals surface area contributed by atoms with Crippen LogP contribution in [0, 0.1) is 5.92 Å². The predicted molar refractivity (Wildman–Crippen MR) is 110 cm³/mol. The van der Waals surface area contributed by atoms with Crippen molar-refractivity contribution < 1.29 is 9.84 Å². The molecule has 0 spiro atoms. The molecular weight excluding hydrogens is 346 g/mol. The summed E-state index contributed by atoms with van der Waals surface area (Å²) in [5.41, 5.74) is 1.67. The van der Waals surface area contributed by atoms with Crippen LogP contribution in [0.3, 0.4) is 0 Å². The average molecular weight is 374 g/mol. The maximum atomic E-state index is 11.8. The Balaban J connectivity index is 2.47. The van der Waals surface area contributed by atoms with Gasteiger partial charge < -0.3 is 14.7 Å². The molecule has 0 heterocycles. The Morgan fingerprint density at radius 3 is 2.23 bits per heavy atom. The molecule has 140 valence electrons. The fourth-order valence-electron chi connectivity index (χ4n) is 3.34. The minimum absolute atomic E-state index is 0.00632. The highest BCUT2D eigenvalue weighted by Gasteiger charge is 2.37. The smallest absolute Gasteiger partial charge is 0.118 e. The summed E-state index contributed by atoms with van der Waals surface area (Å²) in [7, 11) is 5.68. The molecule has 4 heteroatoms. The summed E-state index contributed by atoms with van der Waals surface area (Å²) in [4.78, 5) is 2.09. The van der Waals surface area contributed by atoms with Crippen LogP contribution in [0.15, 0.2) is 54.1 Å². The van der Waals surface area contributed by atoms with Crippen molar-refractivity contribution in [2.45, 2.75) is 19.4 Å². The summed E-state index contributed by atoms with van der Waals surface area (Å²) in [6.45, 7) is 4.80. The Bertz CT molecular complexity index is 738. The zero-order valence-corrected chi connectivity index (χ0v) is 16.9. The maximum Gasteiger partial charge on any atom is 0.118 e. The molecule has 2 aromatic carbocycles. The largest absolute Gasteiger partial charge is 0.497 e. The van der Waals surface area contributed by atoms with E-state index in [9.17, 15) is 5.11 Å². The van der Waals surface area contributed by atoms with Crippen LogP contribution in [-0.4, -0.2) is 37.8 Å². The number of hydrogen-bond donors (Lipinski definition) is 1. The van der Waals surface area contributed by atoms with Crippen molar-refractivity contribution in [1.29, 1.82) is 0 Å². The molecule has 3 nitrogen and oxygen atoms in total. The Morgan fingerprint density at radius 2 is 1.73 bits per heavy atom. The first-order valence-corrected chi connectivity index (χ1v) is 9.11. The minimum Gasteiger partial charge on any atom is -0.497 e. The van der Waals surface area contributed by atoms with Crippen LogP contribution in [0.2, 0.25) is 5.02 Å². The number of nitrogens with zero attached hydrogens (tertiary/aromatic N) is 1. The number of aliphatic hydroxyl groups is 1. The van der Waals surface area contributed by atoms with Crippen LogP contribution in [-0.2, 0) is 5.60 Å². The number of ether oxygens (including phenoxy) is 1. The first kappa shape index (κ1) is 20.5. The first-order valence-electron chi connectivity index (χ1n) is 8.73. The summed E-state index contributed by atoms with van der Waals surface area (Å²) >= 11 is 6.05. The predicted octanol–water partition coefficient (Wildman–Crippen LogP) is 4.84. The number of benzene rings is 2. The van der Waals surface area contributed by atoms with Crippen LogP contribution in [0.5, 0.6) is 5.75 Å². The van der Waals surface area contributed by atoms with Crippen molar-refractivity contribution in [3.05, 3.63) is 70.3 Å². The maximum absolute atomic E-state index is 11.8. The van der Waals surface area contributed by atoms with Crippen molar-refractivity contribution in [3.8, 4) is 5.75 Å². The minimum atomic E-state index is -1.09. The van der Waals surface area contributed by atoms with Gasteiger partial charge in [-0.1, -0.05) is 48.9 Å². The number of methoxy groups -OCH3 is 1. The van der Waals surface area contributed by atoms with E-state index in [2.05, 4.69) is 11.8 Å². The van der Waals surface area contributed by atoms with E-state index in [-0.39, 0.29) is 5.92 Å². The zero-order valence-electron chi connectivity index (χ0n) is 16.2. The van der Waals surface area contributed by atoms with Crippen LogP contribution in [0.25, 0.3) is 6.08 Å². The Hall–Kier alpha value is -1.81. The summed E-state index contributed by atoms with van der Waals surface area (Å²) in [6.07, 6.45) is 2.03. The fourth-order valence-corrected chi connectivity index (χ4v) is 3.47. The standard InChI is InChI=1S/C22H28ClNO2/c1-16(14-18-6-12-21(26-5)13-7-18)22(25,17(2)15-24(3)4)19-8-10-20(23)11-9-19/h6-14,17,25H,15H2,1-5H3.